The number of nitrogens with one attached hydrogen (secondary N) is 1. The number of ether oxygens (including phenoxy) is 3. The second kappa shape index (κ2) is 10.4. The molecule has 3 rings (SSSR count). The van der Waals surface area contributed by atoms with Gasteiger partial charge in [0.05, 0.1) is 39.2 Å². The first-order valence-corrected chi connectivity index (χ1v) is 12.3. The predicted octanol–water partition coefficient (Wildman–Crippen LogP) is 0.619. The number of hydrogen-bond acceptors (Lipinski definition) is 9. The van der Waals surface area contributed by atoms with Crippen molar-refractivity contribution in [3.8, 4) is 5.88 Å². The third-order valence-electron chi connectivity index (χ3n) is 5.61. The molecule has 11 nitrogen and oxygen atoms in total. The maximum Gasteiger partial charge on any atom is 0.409 e. The van der Waals surface area contributed by atoms with Gasteiger partial charge in [0.2, 0.25) is 21.9 Å². The quantitative estimate of drug-likeness (QED) is 0.627. The molecule has 0 aromatic carbocycles. The van der Waals surface area contributed by atoms with Crippen molar-refractivity contribution in [2.24, 2.45) is 0 Å². The number of methoxy groups -OCH3 is 2. The molecule has 0 radical (unpaired) electrons. The van der Waals surface area contributed by atoms with Crippen LogP contribution in [0.2, 0.25) is 0 Å². The highest BCUT2D eigenvalue weighted by Crippen LogP contribution is 2.23. The molecule has 1 amide bonds. The summed E-state index contributed by atoms with van der Waals surface area (Å²) in [7, 11) is -0.520. The number of rotatable bonds is 7. The molecule has 0 unspecified atom stereocenters. The average Bonchev–Trinajstić information content (AvgIpc) is 2.77. The molecule has 0 saturated carbocycles. The maximum absolute atomic E-state index is 12.2. The molecule has 174 valence electrons. The van der Waals surface area contributed by atoms with Gasteiger partial charge in [-0.05, 0) is 25.7 Å². The molecule has 2 saturated heterocycles. The summed E-state index contributed by atoms with van der Waals surface area (Å²) in [4.78, 5) is 24.6. The number of anilines is 1. The first-order chi connectivity index (χ1) is 14.8. The van der Waals surface area contributed by atoms with E-state index in [0.717, 1.165) is 32.2 Å². The molecule has 0 aliphatic carbocycles. The Morgan fingerprint density at radius 2 is 1.97 bits per heavy atom. The number of likely N-dealkylation sites (tertiary alicyclic amines) is 1. The molecule has 2 aliphatic heterocycles. The lowest BCUT2D eigenvalue weighted by atomic mass is 9.97. The molecule has 0 spiro atoms. The molecule has 1 aromatic rings. The molecule has 1 aromatic heterocycles. The Hall–Kier alpha value is -2.18. The van der Waals surface area contributed by atoms with Crippen LogP contribution in [0.3, 0.4) is 0 Å². The van der Waals surface area contributed by atoms with E-state index in [1.165, 1.54) is 7.11 Å². The molecule has 2 atom stereocenters. The van der Waals surface area contributed by atoms with Crippen molar-refractivity contribution >= 4 is 22.1 Å². The van der Waals surface area contributed by atoms with Crippen LogP contribution < -0.4 is 14.4 Å². The summed E-state index contributed by atoms with van der Waals surface area (Å²) in [5.41, 5.74) is 0. The first-order valence-electron chi connectivity index (χ1n) is 10.4. The SMILES string of the molecule is COC(=O)N1CCC[C@H](NS(C)(=O)=O)[C@@H]1COC1CCN(c2nccc(OC)n2)CC1. The molecular formula is C19H31N5O6S. The van der Waals surface area contributed by atoms with Crippen molar-refractivity contribution < 1.29 is 27.4 Å². The van der Waals surface area contributed by atoms with Crippen LogP contribution in [0.4, 0.5) is 10.7 Å². The van der Waals surface area contributed by atoms with Gasteiger partial charge in [0.1, 0.15) is 0 Å². The summed E-state index contributed by atoms with van der Waals surface area (Å²) in [6.45, 7) is 2.21. The van der Waals surface area contributed by atoms with Gasteiger partial charge in [0.15, 0.2) is 0 Å². The summed E-state index contributed by atoms with van der Waals surface area (Å²) in [5, 5.41) is 0. The van der Waals surface area contributed by atoms with Gasteiger partial charge in [-0.3, -0.25) is 0 Å². The van der Waals surface area contributed by atoms with Gasteiger partial charge >= 0.3 is 6.09 Å². The zero-order valence-electron chi connectivity index (χ0n) is 18.2. The second-order valence-corrected chi connectivity index (χ2v) is 9.57. The Balaban J connectivity index is 1.59. The average molecular weight is 458 g/mol. The molecule has 1 N–H and O–H groups in total. The Morgan fingerprint density at radius 1 is 1.23 bits per heavy atom. The van der Waals surface area contributed by atoms with Gasteiger partial charge in [0, 0.05) is 37.9 Å². The molecule has 2 fully saturated rings. The van der Waals surface area contributed by atoms with Gasteiger partial charge < -0.3 is 24.0 Å². The summed E-state index contributed by atoms with van der Waals surface area (Å²) in [6, 6.07) is 0.876. The lowest BCUT2D eigenvalue weighted by molar-refractivity contribution is -0.0181. The number of aromatic nitrogens is 2. The highest BCUT2D eigenvalue weighted by atomic mass is 32.2. The van der Waals surface area contributed by atoms with Crippen molar-refractivity contribution in [3.05, 3.63) is 12.3 Å². The summed E-state index contributed by atoms with van der Waals surface area (Å²) < 4.78 is 42.5. The monoisotopic (exact) mass is 457 g/mol. The fraction of sp³-hybridized carbons (Fsp3) is 0.737. The highest BCUT2D eigenvalue weighted by molar-refractivity contribution is 7.88. The van der Waals surface area contributed by atoms with Crippen molar-refractivity contribution in [2.75, 3.05) is 51.6 Å². The van der Waals surface area contributed by atoms with E-state index in [2.05, 4.69) is 19.6 Å². The molecular weight excluding hydrogens is 426 g/mol. The van der Waals surface area contributed by atoms with E-state index in [1.54, 1.807) is 24.3 Å². The van der Waals surface area contributed by atoms with Gasteiger partial charge in [-0.2, -0.15) is 4.98 Å². The van der Waals surface area contributed by atoms with Crippen LogP contribution in [0.5, 0.6) is 5.88 Å². The van der Waals surface area contributed by atoms with Crippen LogP contribution in [0.1, 0.15) is 25.7 Å². The van der Waals surface area contributed by atoms with E-state index in [4.69, 9.17) is 14.2 Å². The van der Waals surface area contributed by atoms with E-state index in [0.29, 0.717) is 31.2 Å². The maximum atomic E-state index is 12.2. The summed E-state index contributed by atoms with van der Waals surface area (Å²) >= 11 is 0. The van der Waals surface area contributed by atoms with Crippen LogP contribution in [0, 0.1) is 0 Å². The van der Waals surface area contributed by atoms with Crippen molar-refractivity contribution in [2.45, 2.75) is 43.9 Å². The van der Waals surface area contributed by atoms with E-state index >= 15 is 0 Å². The fourth-order valence-corrected chi connectivity index (χ4v) is 4.90. The van der Waals surface area contributed by atoms with E-state index in [9.17, 15) is 13.2 Å². The van der Waals surface area contributed by atoms with Crippen molar-refractivity contribution in [1.82, 2.24) is 19.6 Å². The van der Waals surface area contributed by atoms with Crippen LogP contribution in [-0.4, -0.2) is 94.3 Å². The molecule has 12 heteroatoms. The van der Waals surface area contributed by atoms with E-state index in [1.807, 2.05) is 0 Å². The Labute approximate surface area is 183 Å². The van der Waals surface area contributed by atoms with Crippen LogP contribution in [-0.2, 0) is 19.5 Å². The third-order valence-corrected chi connectivity index (χ3v) is 6.34. The van der Waals surface area contributed by atoms with E-state index in [-0.39, 0.29) is 12.7 Å². The standard InChI is InChI=1S/C19H31N5O6S/c1-28-17-6-9-20-18(21-17)23-11-7-14(8-12-23)30-13-16-15(22-31(3,26)27)5-4-10-24(16)19(25)29-2/h6,9,14-16,22H,4-5,7-8,10-13H2,1-3H3/t15-,16-/m0/s1. The zero-order chi connectivity index (χ0) is 22.4. The van der Waals surface area contributed by atoms with Crippen molar-refractivity contribution in [1.29, 1.82) is 0 Å². The normalized spacial score (nSPS) is 22.9. The van der Waals surface area contributed by atoms with Crippen LogP contribution in [0.25, 0.3) is 0 Å². The van der Waals surface area contributed by atoms with E-state index < -0.39 is 28.2 Å². The highest BCUT2D eigenvalue weighted by Gasteiger charge is 2.37. The number of amides is 1. The number of carbonyl (C=O) groups is 1. The van der Waals surface area contributed by atoms with Crippen molar-refractivity contribution in [3.63, 3.8) is 0 Å². The largest absolute Gasteiger partial charge is 0.481 e. The number of carbonyl (C=O) groups excluding carboxylic acids is 1. The number of piperidine rings is 2. The molecule has 31 heavy (non-hydrogen) atoms. The molecule has 0 bridgehead atoms. The first kappa shape index (κ1) is 23.5. The lowest BCUT2D eigenvalue weighted by Gasteiger charge is -2.41. The van der Waals surface area contributed by atoms with Crippen LogP contribution in [0.15, 0.2) is 12.3 Å². The Morgan fingerprint density at radius 3 is 2.61 bits per heavy atom. The predicted molar refractivity (Wildman–Crippen MR) is 114 cm³/mol. The van der Waals surface area contributed by atoms with Gasteiger partial charge in [0.25, 0.3) is 0 Å². The number of hydrogen-bond donors (Lipinski definition) is 1. The number of nitrogens with zero attached hydrogens (tertiary/aromatic N) is 4. The summed E-state index contributed by atoms with van der Waals surface area (Å²) in [5.74, 6) is 1.15. The summed E-state index contributed by atoms with van der Waals surface area (Å²) in [6.07, 6.45) is 5.20. The van der Waals surface area contributed by atoms with Gasteiger partial charge in [-0.15, -0.1) is 0 Å². The lowest BCUT2D eigenvalue weighted by Crippen LogP contribution is -2.59. The topological polar surface area (TPSA) is 123 Å². The smallest absolute Gasteiger partial charge is 0.409 e. The third kappa shape index (κ3) is 6.40. The van der Waals surface area contributed by atoms with Crippen LogP contribution >= 0.6 is 0 Å². The molecule has 3 heterocycles. The van der Waals surface area contributed by atoms with Gasteiger partial charge in [-0.25, -0.2) is 22.9 Å². The Bertz CT molecular complexity index is 846. The zero-order valence-corrected chi connectivity index (χ0v) is 19.0. The Kier molecular flexibility index (Phi) is 7.89. The molecule has 2 aliphatic rings. The minimum Gasteiger partial charge on any atom is -0.481 e. The minimum absolute atomic E-state index is 0.00200. The second-order valence-electron chi connectivity index (χ2n) is 7.79. The fourth-order valence-electron chi connectivity index (χ4n) is 4.08. The minimum atomic E-state index is -3.41. The number of sulfonamides is 1. The van der Waals surface area contributed by atoms with Gasteiger partial charge in [-0.1, -0.05) is 0 Å².